The van der Waals surface area contributed by atoms with Gasteiger partial charge in [0.25, 0.3) is 5.91 Å². The highest BCUT2D eigenvalue weighted by atomic mass is 32.2. The Morgan fingerprint density at radius 3 is 2.63 bits per heavy atom. The van der Waals surface area contributed by atoms with E-state index in [1.807, 2.05) is 4.90 Å². The molecule has 6 nitrogen and oxygen atoms in total. The topological polar surface area (TPSA) is 86.7 Å². The Morgan fingerprint density at radius 1 is 1.26 bits per heavy atom. The number of hydrogen-bond acceptors (Lipinski definition) is 5. The highest BCUT2D eigenvalue weighted by Gasteiger charge is 2.29. The molecule has 1 aromatic carbocycles. The van der Waals surface area contributed by atoms with Crippen molar-refractivity contribution in [2.45, 2.75) is 6.10 Å². The monoisotopic (exact) mass is 282 g/mol. The third kappa shape index (κ3) is 2.19. The highest BCUT2D eigenvalue weighted by Crippen LogP contribution is 2.34. The number of fused-ring (bicyclic) bond motifs is 1. The Labute approximate surface area is 111 Å². The van der Waals surface area contributed by atoms with E-state index in [1.54, 1.807) is 18.2 Å². The Morgan fingerprint density at radius 2 is 1.95 bits per heavy atom. The van der Waals surface area contributed by atoms with Crippen molar-refractivity contribution in [1.29, 1.82) is 0 Å². The number of hydrogen-bond donors (Lipinski definition) is 2. The molecule has 1 fully saturated rings. The van der Waals surface area contributed by atoms with E-state index in [2.05, 4.69) is 5.32 Å². The van der Waals surface area contributed by atoms with Crippen molar-refractivity contribution in [1.82, 2.24) is 0 Å². The number of rotatable bonds is 1. The molecule has 2 heterocycles. The summed E-state index contributed by atoms with van der Waals surface area (Å²) < 4.78 is 22.8. The first-order chi connectivity index (χ1) is 8.96. The summed E-state index contributed by atoms with van der Waals surface area (Å²) in [4.78, 5) is 13.3. The number of nitrogens with zero attached hydrogens (tertiary/aromatic N) is 1. The summed E-state index contributed by atoms with van der Waals surface area (Å²) in [5.41, 5.74) is 2.03. The number of benzene rings is 1. The lowest BCUT2D eigenvalue weighted by Gasteiger charge is -2.29. The Balaban J connectivity index is 1.85. The minimum atomic E-state index is -2.90. The van der Waals surface area contributed by atoms with Gasteiger partial charge in [-0.2, -0.15) is 0 Å². The van der Waals surface area contributed by atoms with Crippen LogP contribution >= 0.6 is 0 Å². The van der Waals surface area contributed by atoms with Crippen molar-refractivity contribution in [3.05, 3.63) is 23.8 Å². The predicted molar refractivity (Wildman–Crippen MR) is 70.9 cm³/mol. The van der Waals surface area contributed by atoms with Crippen LogP contribution in [0.25, 0.3) is 0 Å². The van der Waals surface area contributed by atoms with Crippen LogP contribution in [0.15, 0.2) is 18.2 Å². The molecule has 0 bridgehead atoms. The van der Waals surface area contributed by atoms with E-state index in [9.17, 15) is 18.3 Å². The number of aliphatic hydroxyl groups is 1. The average Bonchev–Trinajstić information content (AvgIpc) is 2.64. The fourth-order valence-electron chi connectivity index (χ4n) is 2.40. The molecule has 1 atom stereocenters. The summed E-state index contributed by atoms with van der Waals surface area (Å²) in [6.45, 7) is 0.912. The van der Waals surface area contributed by atoms with Gasteiger partial charge in [-0.3, -0.25) is 4.79 Å². The minimum Gasteiger partial charge on any atom is -0.378 e. The molecule has 3 rings (SSSR count). The normalized spacial score (nSPS) is 25.0. The average molecular weight is 282 g/mol. The Kier molecular flexibility index (Phi) is 2.75. The minimum absolute atomic E-state index is 0.152. The molecule has 2 aliphatic heterocycles. The van der Waals surface area contributed by atoms with Crippen LogP contribution < -0.4 is 10.2 Å². The second kappa shape index (κ2) is 4.21. The number of nitrogens with one attached hydrogen (secondary N) is 1. The standard InChI is InChI=1S/C12H14N2O4S/c15-11-9-2-1-8(7-10(9)13-12(11)16)14-3-5-19(17,18)6-4-14/h1-2,7,11,15H,3-6H2,(H,13,16). The zero-order valence-electron chi connectivity index (χ0n) is 10.2. The lowest BCUT2D eigenvalue weighted by molar-refractivity contribution is -0.123. The van der Waals surface area contributed by atoms with Crippen molar-refractivity contribution < 1.29 is 18.3 Å². The van der Waals surface area contributed by atoms with Crippen LogP contribution in [0.1, 0.15) is 11.7 Å². The molecular weight excluding hydrogens is 268 g/mol. The van der Waals surface area contributed by atoms with E-state index >= 15 is 0 Å². The third-order valence-electron chi connectivity index (χ3n) is 3.55. The second-order valence-electron chi connectivity index (χ2n) is 4.80. The number of anilines is 2. The van der Waals surface area contributed by atoms with Gasteiger partial charge in [-0.05, 0) is 12.1 Å². The van der Waals surface area contributed by atoms with Crippen molar-refractivity contribution >= 4 is 27.1 Å². The number of carbonyl (C=O) groups is 1. The summed E-state index contributed by atoms with van der Waals surface area (Å²) in [7, 11) is -2.90. The summed E-state index contributed by atoms with van der Waals surface area (Å²) in [5, 5.41) is 12.2. The van der Waals surface area contributed by atoms with Crippen molar-refractivity contribution in [3.63, 3.8) is 0 Å². The molecule has 1 aromatic rings. The molecule has 7 heteroatoms. The first-order valence-corrected chi connectivity index (χ1v) is 7.87. The van der Waals surface area contributed by atoms with Gasteiger partial charge in [-0.15, -0.1) is 0 Å². The molecule has 1 unspecified atom stereocenters. The van der Waals surface area contributed by atoms with Crippen LogP contribution in [-0.4, -0.2) is 44.0 Å². The quantitative estimate of drug-likeness (QED) is 0.751. The molecule has 0 aliphatic carbocycles. The lowest BCUT2D eigenvalue weighted by atomic mass is 10.1. The molecule has 1 amide bonds. The smallest absolute Gasteiger partial charge is 0.257 e. The number of carbonyl (C=O) groups excluding carboxylic acids is 1. The molecule has 1 saturated heterocycles. The maximum atomic E-state index is 11.4. The van der Waals surface area contributed by atoms with Gasteiger partial charge in [-0.25, -0.2) is 8.42 Å². The molecule has 19 heavy (non-hydrogen) atoms. The summed E-state index contributed by atoms with van der Waals surface area (Å²) >= 11 is 0. The summed E-state index contributed by atoms with van der Waals surface area (Å²) in [5.74, 6) is -0.119. The maximum Gasteiger partial charge on any atom is 0.257 e. The maximum absolute atomic E-state index is 11.4. The van der Waals surface area contributed by atoms with Gasteiger partial charge in [0, 0.05) is 30.0 Å². The lowest BCUT2D eigenvalue weighted by Crippen LogP contribution is -2.40. The van der Waals surface area contributed by atoms with E-state index in [0.717, 1.165) is 5.69 Å². The van der Waals surface area contributed by atoms with Crippen LogP contribution in [0.2, 0.25) is 0 Å². The zero-order chi connectivity index (χ0) is 13.6. The first kappa shape index (κ1) is 12.4. The SMILES string of the molecule is O=C1Nc2cc(N3CCS(=O)(=O)CC3)ccc2C1O. The van der Waals surface area contributed by atoms with Gasteiger partial charge in [0.2, 0.25) is 0 Å². The number of amides is 1. The molecule has 0 saturated carbocycles. The van der Waals surface area contributed by atoms with Gasteiger partial charge in [-0.1, -0.05) is 6.07 Å². The van der Waals surface area contributed by atoms with Crippen molar-refractivity contribution in [2.75, 3.05) is 34.8 Å². The Bertz CT molecular complexity index is 627. The first-order valence-electron chi connectivity index (χ1n) is 6.04. The van der Waals surface area contributed by atoms with E-state index in [-0.39, 0.29) is 11.5 Å². The van der Waals surface area contributed by atoms with Gasteiger partial charge in [0.1, 0.15) is 0 Å². The van der Waals surface area contributed by atoms with Gasteiger partial charge < -0.3 is 15.3 Å². The predicted octanol–water partition coefficient (Wildman–Crippen LogP) is -0.0931. The Hall–Kier alpha value is -1.60. The van der Waals surface area contributed by atoms with Crippen LogP contribution in [0.3, 0.4) is 0 Å². The summed E-state index contributed by atoms with van der Waals surface area (Å²) in [6.07, 6.45) is -1.11. The molecule has 102 valence electrons. The van der Waals surface area contributed by atoms with Crippen LogP contribution in [-0.2, 0) is 14.6 Å². The summed E-state index contributed by atoms with van der Waals surface area (Å²) in [6, 6.07) is 5.29. The number of aliphatic hydroxyl groups excluding tert-OH is 1. The number of sulfone groups is 1. The van der Waals surface area contributed by atoms with Gasteiger partial charge in [0.15, 0.2) is 15.9 Å². The largest absolute Gasteiger partial charge is 0.378 e. The van der Waals surface area contributed by atoms with Crippen molar-refractivity contribution in [2.24, 2.45) is 0 Å². The molecular formula is C12H14N2O4S. The van der Waals surface area contributed by atoms with Crippen LogP contribution in [0, 0.1) is 0 Å². The fourth-order valence-corrected chi connectivity index (χ4v) is 3.60. The molecule has 0 radical (unpaired) electrons. The molecule has 2 aliphatic rings. The zero-order valence-corrected chi connectivity index (χ0v) is 11.0. The van der Waals surface area contributed by atoms with Gasteiger partial charge >= 0.3 is 0 Å². The van der Waals surface area contributed by atoms with E-state index in [0.29, 0.717) is 24.3 Å². The molecule has 2 N–H and O–H groups in total. The van der Waals surface area contributed by atoms with Crippen LogP contribution in [0.4, 0.5) is 11.4 Å². The molecule has 0 spiro atoms. The highest BCUT2D eigenvalue weighted by molar-refractivity contribution is 7.91. The van der Waals surface area contributed by atoms with Crippen LogP contribution in [0.5, 0.6) is 0 Å². The van der Waals surface area contributed by atoms with E-state index in [1.165, 1.54) is 0 Å². The van der Waals surface area contributed by atoms with Crippen molar-refractivity contribution in [3.8, 4) is 0 Å². The fraction of sp³-hybridized carbons (Fsp3) is 0.417. The van der Waals surface area contributed by atoms with E-state index in [4.69, 9.17) is 0 Å². The molecule has 0 aromatic heterocycles. The van der Waals surface area contributed by atoms with E-state index < -0.39 is 21.8 Å². The van der Waals surface area contributed by atoms with Gasteiger partial charge in [0.05, 0.1) is 11.5 Å². The second-order valence-corrected chi connectivity index (χ2v) is 7.11. The third-order valence-corrected chi connectivity index (χ3v) is 5.16.